The Kier molecular flexibility index (Phi) is 6.41. The second-order valence-electron chi connectivity index (χ2n) is 2.56. The summed E-state index contributed by atoms with van der Waals surface area (Å²) < 4.78 is 4.92. The minimum atomic E-state index is -0.370. The van der Waals surface area contributed by atoms with E-state index in [9.17, 15) is 4.79 Å². The van der Waals surface area contributed by atoms with Crippen molar-refractivity contribution in [2.75, 3.05) is 13.7 Å². The van der Waals surface area contributed by atoms with Crippen LogP contribution in [0.1, 0.15) is 19.8 Å². The Hall–Kier alpha value is -0.810. The molecule has 1 atom stereocenters. The summed E-state index contributed by atoms with van der Waals surface area (Å²) in [6.07, 6.45) is 1.89. The fraction of sp³-hybridized carbons (Fsp3) is 0.857. The molecule has 2 amide bonds. The molecule has 5 nitrogen and oxygen atoms in total. The molecule has 0 bridgehead atoms. The van der Waals surface area contributed by atoms with Crippen molar-refractivity contribution in [3.63, 3.8) is 0 Å². The zero-order chi connectivity index (χ0) is 9.40. The Bertz CT molecular complexity index is 124. The van der Waals surface area contributed by atoms with Crippen LogP contribution in [-0.4, -0.2) is 25.8 Å². The third kappa shape index (κ3) is 4.92. The van der Waals surface area contributed by atoms with Crippen LogP contribution in [0.2, 0.25) is 0 Å². The summed E-state index contributed by atoms with van der Waals surface area (Å²) in [5.74, 6) is 4.91. The number of methoxy groups -OCH3 is 1. The molecule has 72 valence electrons. The molecule has 0 radical (unpaired) electrons. The maximum atomic E-state index is 10.8. The van der Waals surface area contributed by atoms with Gasteiger partial charge in [0, 0.05) is 7.11 Å². The SMILES string of the molecule is CCCC(COC)NC(=O)NN. The molecule has 0 aliphatic heterocycles. The van der Waals surface area contributed by atoms with Gasteiger partial charge in [-0.3, -0.25) is 5.43 Å². The van der Waals surface area contributed by atoms with Crippen LogP contribution in [0.5, 0.6) is 0 Å². The predicted molar refractivity (Wildman–Crippen MR) is 46.4 cm³/mol. The maximum absolute atomic E-state index is 10.8. The molecule has 4 N–H and O–H groups in total. The normalized spacial score (nSPS) is 12.2. The topological polar surface area (TPSA) is 76.4 Å². The van der Waals surface area contributed by atoms with Crippen LogP contribution in [-0.2, 0) is 4.74 Å². The van der Waals surface area contributed by atoms with Crippen LogP contribution in [0.4, 0.5) is 4.79 Å². The standard InChI is InChI=1S/C7H17N3O2/c1-3-4-6(5-12-2)9-7(11)10-8/h6H,3-5,8H2,1-2H3,(H2,9,10,11). The van der Waals surface area contributed by atoms with Crippen molar-refractivity contribution in [3.05, 3.63) is 0 Å². The summed E-state index contributed by atoms with van der Waals surface area (Å²) >= 11 is 0. The maximum Gasteiger partial charge on any atom is 0.329 e. The van der Waals surface area contributed by atoms with Crippen LogP contribution in [0.3, 0.4) is 0 Å². The third-order valence-corrected chi connectivity index (χ3v) is 1.47. The largest absolute Gasteiger partial charge is 0.383 e. The van der Waals surface area contributed by atoms with E-state index in [1.807, 2.05) is 12.3 Å². The number of nitrogens with two attached hydrogens (primary N) is 1. The van der Waals surface area contributed by atoms with E-state index in [1.54, 1.807) is 7.11 Å². The predicted octanol–water partition coefficient (Wildman–Crippen LogP) is -0.0256. The van der Waals surface area contributed by atoms with Crippen molar-refractivity contribution in [1.82, 2.24) is 10.7 Å². The first-order chi connectivity index (χ1) is 5.74. The molecule has 0 heterocycles. The van der Waals surface area contributed by atoms with Gasteiger partial charge in [-0.1, -0.05) is 13.3 Å². The van der Waals surface area contributed by atoms with E-state index in [2.05, 4.69) is 5.32 Å². The first-order valence-electron chi connectivity index (χ1n) is 4.00. The lowest BCUT2D eigenvalue weighted by atomic mass is 10.2. The first-order valence-corrected chi connectivity index (χ1v) is 4.00. The van der Waals surface area contributed by atoms with Crippen molar-refractivity contribution in [2.24, 2.45) is 5.84 Å². The van der Waals surface area contributed by atoms with Crippen LogP contribution in [0.25, 0.3) is 0 Å². The van der Waals surface area contributed by atoms with Crippen LogP contribution in [0.15, 0.2) is 0 Å². The van der Waals surface area contributed by atoms with Gasteiger partial charge in [0.25, 0.3) is 0 Å². The molecular formula is C7H17N3O2. The third-order valence-electron chi connectivity index (χ3n) is 1.47. The van der Waals surface area contributed by atoms with Crippen molar-refractivity contribution < 1.29 is 9.53 Å². The number of amides is 2. The first kappa shape index (κ1) is 11.2. The monoisotopic (exact) mass is 175 g/mol. The summed E-state index contributed by atoms with van der Waals surface area (Å²) in [4.78, 5) is 10.8. The molecule has 0 aromatic heterocycles. The van der Waals surface area contributed by atoms with Crippen LogP contribution < -0.4 is 16.6 Å². The number of ether oxygens (including phenoxy) is 1. The van der Waals surface area contributed by atoms with E-state index in [0.717, 1.165) is 12.8 Å². The summed E-state index contributed by atoms with van der Waals surface area (Å²) in [6, 6.07) is -0.325. The molecule has 0 saturated carbocycles. The van der Waals surface area contributed by atoms with Crippen molar-refractivity contribution >= 4 is 6.03 Å². The Labute approximate surface area is 72.6 Å². The van der Waals surface area contributed by atoms with Crippen molar-refractivity contribution in [2.45, 2.75) is 25.8 Å². The molecule has 0 rings (SSSR count). The number of hydrogen-bond donors (Lipinski definition) is 3. The summed E-state index contributed by atoms with van der Waals surface area (Å²) in [7, 11) is 1.60. The molecule has 5 heteroatoms. The second-order valence-corrected chi connectivity index (χ2v) is 2.56. The number of carbonyl (C=O) groups excluding carboxylic acids is 1. The van der Waals surface area contributed by atoms with E-state index in [4.69, 9.17) is 10.6 Å². The average Bonchev–Trinajstić information content (AvgIpc) is 2.05. The molecule has 0 aromatic rings. The molecule has 0 fully saturated rings. The molecule has 0 saturated heterocycles. The van der Waals surface area contributed by atoms with Gasteiger partial charge in [-0.15, -0.1) is 0 Å². The van der Waals surface area contributed by atoms with Gasteiger partial charge in [0.1, 0.15) is 0 Å². The number of nitrogens with one attached hydrogen (secondary N) is 2. The molecule has 0 aliphatic carbocycles. The zero-order valence-corrected chi connectivity index (χ0v) is 7.59. The summed E-state index contributed by atoms with van der Waals surface area (Å²) in [5.41, 5.74) is 2.01. The van der Waals surface area contributed by atoms with E-state index in [-0.39, 0.29) is 12.1 Å². The van der Waals surface area contributed by atoms with Gasteiger partial charge < -0.3 is 10.1 Å². The molecule has 0 aliphatic rings. The van der Waals surface area contributed by atoms with Gasteiger partial charge in [0.15, 0.2) is 0 Å². The molecule has 0 aromatic carbocycles. The van der Waals surface area contributed by atoms with Crippen LogP contribution in [0, 0.1) is 0 Å². The lowest BCUT2D eigenvalue weighted by Gasteiger charge is -2.16. The van der Waals surface area contributed by atoms with Gasteiger partial charge in [0.2, 0.25) is 0 Å². The van der Waals surface area contributed by atoms with E-state index in [0.29, 0.717) is 6.61 Å². The summed E-state index contributed by atoms with van der Waals surface area (Å²) in [5, 5.41) is 2.67. The fourth-order valence-corrected chi connectivity index (χ4v) is 0.974. The van der Waals surface area contributed by atoms with E-state index >= 15 is 0 Å². The van der Waals surface area contributed by atoms with Gasteiger partial charge in [-0.2, -0.15) is 0 Å². The second kappa shape index (κ2) is 6.87. The Morgan fingerprint density at radius 1 is 1.67 bits per heavy atom. The number of carbonyl (C=O) groups is 1. The quantitative estimate of drug-likeness (QED) is 0.312. The number of hydrazine groups is 1. The Balaban J connectivity index is 3.68. The Morgan fingerprint density at radius 3 is 2.75 bits per heavy atom. The lowest BCUT2D eigenvalue weighted by molar-refractivity contribution is 0.161. The molecular weight excluding hydrogens is 158 g/mol. The van der Waals surface area contributed by atoms with Gasteiger partial charge in [-0.05, 0) is 6.42 Å². The molecule has 12 heavy (non-hydrogen) atoms. The minimum Gasteiger partial charge on any atom is -0.383 e. The van der Waals surface area contributed by atoms with Gasteiger partial charge >= 0.3 is 6.03 Å². The fourth-order valence-electron chi connectivity index (χ4n) is 0.974. The molecule has 0 spiro atoms. The van der Waals surface area contributed by atoms with E-state index in [1.165, 1.54) is 0 Å². The van der Waals surface area contributed by atoms with Crippen molar-refractivity contribution in [1.29, 1.82) is 0 Å². The van der Waals surface area contributed by atoms with Crippen molar-refractivity contribution in [3.8, 4) is 0 Å². The number of rotatable bonds is 5. The average molecular weight is 175 g/mol. The number of hydrogen-bond acceptors (Lipinski definition) is 3. The smallest absolute Gasteiger partial charge is 0.329 e. The highest BCUT2D eigenvalue weighted by Crippen LogP contribution is 1.96. The van der Waals surface area contributed by atoms with Gasteiger partial charge in [0.05, 0.1) is 12.6 Å². The van der Waals surface area contributed by atoms with Crippen LogP contribution >= 0.6 is 0 Å². The summed E-state index contributed by atoms with van der Waals surface area (Å²) in [6.45, 7) is 2.56. The molecule has 1 unspecified atom stereocenters. The van der Waals surface area contributed by atoms with E-state index < -0.39 is 0 Å². The highest BCUT2D eigenvalue weighted by Gasteiger charge is 2.09. The zero-order valence-electron chi connectivity index (χ0n) is 7.59. The highest BCUT2D eigenvalue weighted by atomic mass is 16.5. The number of urea groups is 1. The lowest BCUT2D eigenvalue weighted by Crippen LogP contribution is -2.46. The Morgan fingerprint density at radius 2 is 2.33 bits per heavy atom. The van der Waals surface area contributed by atoms with Gasteiger partial charge in [-0.25, -0.2) is 10.6 Å². The minimum absolute atomic E-state index is 0.0450. The highest BCUT2D eigenvalue weighted by molar-refractivity contribution is 5.73.